The van der Waals surface area contributed by atoms with E-state index in [0.717, 1.165) is 14.0 Å². The third kappa shape index (κ3) is 11.5. The van der Waals surface area contributed by atoms with Gasteiger partial charge in [0.05, 0.1) is 11.1 Å². The molecule has 0 aliphatic rings. The van der Waals surface area contributed by atoms with E-state index in [9.17, 15) is 53.4 Å². The minimum atomic E-state index is -1.70. The number of carbonyl (C=O) groups excluding carboxylic acids is 3. The monoisotopic (exact) mass is 1030 g/mol. The van der Waals surface area contributed by atoms with Crippen molar-refractivity contribution in [2.45, 2.75) is 58.3 Å². The topological polar surface area (TPSA) is 267 Å². The Morgan fingerprint density at radius 2 is 0.878 bits per heavy atom. The maximum atomic E-state index is 15.6. The molecule has 0 aliphatic carbocycles. The van der Waals surface area contributed by atoms with Gasteiger partial charge in [-0.2, -0.15) is 0 Å². The molecule has 0 bridgehead atoms. The van der Waals surface area contributed by atoms with E-state index in [2.05, 4.69) is 10.6 Å². The summed E-state index contributed by atoms with van der Waals surface area (Å²) in [6, 6.07) is 11.4. The molecule has 19 nitrogen and oxygen atoms in total. The van der Waals surface area contributed by atoms with Gasteiger partial charge in [0.25, 0.3) is 22.9 Å². The molecule has 0 aliphatic heterocycles. The first kappa shape index (κ1) is 54.6. The zero-order valence-corrected chi connectivity index (χ0v) is 40.7. The number of carboxylic acids is 2. The molecule has 388 valence electrons. The van der Waals surface area contributed by atoms with Crippen LogP contribution < -0.4 is 38.9 Å². The molecule has 0 fully saturated rings. The smallest absolute Gasteiger partial charge is 0.330 e. The Balaban J connectivity index is 1.14. The van der Waals surface area contributed by atoms with E-state index >= 15 is 17.6 Å². The molecule has 2 atom stereocenters. The van der Waals surface area contributed by atoms with Gasteiger partial charge in [0.1, 0.15) is 46.5 Å². The maximum absolute atomic E-state index is 15.6. The lowest BCUT2D eigenvalue weighted by molar-refractivity contribution is -0.140. The van der Waals surface area contributed by atoms with Crippen molar-refractivity contribution < 1.29 is 51.7 Å². The van der Waals surface area contributed by atoms with Gasteiger partial charge in [-0.25, -0.2) is 36.7 Å². The second-order valence-electron chi connectivity index (χ2n) is 17.5. The maximum Gasteiger partial charge on any atom is 0.330 e. The van der Waals surface area contributed by atoms with Crippen molar-refractivity contribution in [3.63, 3.8) is 0 Å². The number of hydrogen-bond donors (Lipinski definition) is 5. The molecule has 2 aromatic heterocycles. The average Bonchev–Trinajstić information content (AvgIpc) is 3.34. The van der Waals surface area contributed by atoms with Gasteiger partial charge in [-0.15, -0.1) is 0 Å². The fourth-order valence-electron chi connectivity index (χ4n) is 8.33. The summed E-state index contributed by atoms with van der Waals surface area (Å²) in [5, 5.41) is 24.1. The van der Waals surface area contributed by atoms with Gasteiger partial charge in [0.15, 0.2) is 0 Å². The van der Waals surface area contributed by atoms with Crippen molar-refractivity contribution in [2.24, 2.45) is 33.9 Å². The highest BCUT2D eigenvalue weighted by Gasteiger charge is 2.29. The van der Waals surface area contributed by atoms with Gasteiger partial charge in [0, 0.05) is 78.5 Å². The molecule has 3 amide bonds. The zero-order chi connectivity index (χ0) is 54.6. The summed E-state index contributed by atoms with van der Waals surface area (Å²) in [4.78, 5) is 116. The van der Waals surface area contributed by atoms with Gasteiger partial charge >= 0.3 is 23.3 Å². The summed E-state index contributed by atoms with van der Waals surface area (Å²) in [5.41, 5.74) is 3.39. The summed E-state index contributed by atoms with van der Waals surface area (Å²) in [6.07, 6.45) is -1.04. The van der Waals surface area contributed by atoms with Crippen molar-refractivity contribution in [2.75, 3.05) is 6.54 Å². The number of rotatable bonds is 18. The van der Waals surface area contributed by atoms with Crippen molar-refractivity contribution in [3.8, 4) is 22.3 Å². The third-order valence-corrected chi connectivity index (χ3v) is 12.6. The first-order valence-electron chi connectivity index (χ1n) is 22.6. The number of hydrogen-bond acceptors (Lipinski definition) is 10. The van der Waals surface area contributed by atoms with Gasteiger partial charge in [-0.3, -0.25) is 33.1 Å². The lowest BCUT2D eigenvalue weighted by Crippen LogP contribution is -2.43. The number of carboxylic acid groups (broad SMARTS) is 2. The van der Waals surface area contributed by atoms with Crippen LogP contribution in [0.3, 0.4) is 0 Å². The van der Waals surface area contributed by atoms with E-state index in [-0.39, 0.29) is 48.1 Å². The molecule has 4 aromatic carbocycles. The molecular formula is C51H50F4N8O11. The Labute approximate surface area is 417 Å². The predicted molar refractivity (Wildman–Crippen MR) is 260 cm³/mol. The van der Waals surface area contributed by atoms with E-state index in [4.69, 9.17) is 5.73 Å². The molecule has 2 unspecified atom stereocenters. The van der Waals surface area contributed by atoms with Crippen LogP contribution in [-0.4, -0.2) is 81.7 Å². The van der Waals surface area contributed by atoms with Crippen LogP contribution in [0, 0.1) is 37.1 Å². The van der Waals surface area contributed by atoms with E-state index in [0.29, 0.717) is 57.9 Å². The van der Waals surface area contributed by atoms with Crippen LogP contribution in [0.1, 0.15) is 60.8 Å². The lowest BCUT2D eigenvalue weighted by atomic mass is 10.00. The average molecular weight is 1030 g/mol. The Morgan fingerprint density at radius 1 is 0.554 bits per heavy atom. The minimum absolute atomic E-state index is 0.202. The highest BCUT2D eigenvalue weighted by Crippen LogP contribution is 2.24. The van der Waals surface area contributed by atoms with Crippen LogP contribution in [-0.2, 0) is 68.5 Å². The first-order chi connectivity index (χ1) is 34.8. The van der Waals surface area contributed by atoms with Crippen LogP contribution in [0.5, 0.6) is 0 Å². The summed E-state index contributed by atoms with van der Waals surface area (Å²) in [6.45, 7) is 1.78. The summed E-state index contributed by atoms with van der Waals surface area (Å²) in [7, 11) is 5.64. The molecule has 0 saturated heterocycles. The molecule has 0 spiro atoms. The lowest BCUT2D eigenvalue weighted by Gasteiger charge is -2.24. The SMILES string of the molecule is Cc1c(-c2ccc(CC(NC(=O)c3c(F)cc(CN(Cc4cc(F)c(C(=O)NC(Cc5ccc(-c6c(C)n(C)c(=O)n(C)c6=O)cc5)C(=O)O)c(F)c4)C(=O)CCN)cc3F)C(=O)O)cc2)c(=O)n(C)c(=O)n1C. The number of carbonyl (C=O) groups is 5. The van der Waals surface area contributed by atoms with Crippen molar-refractivity contribution in [1.29, 1.82) is 0 Å². The third-order valence-electron chi connectivity index (χ3n) is 12.6. The summed E-state index contributed by atoms with van der Waals surface area (Å²) < 4.78 is 67.0. The van der Waals surface area contributed by atoms with Gasteiger partial charge in [-0.05, 0) is 71.5 Å². The van der Waals surface area contributed by atoms with E-state index in [1.165, 1.54) is 85.9 Å². The van der Waals surface area contributed by atoms with Gasteiger partial charge in [0.2, 0.25) is 5.91 Å². The number of nitrogens with two attached hydrogens (primary N) is 1. The minimum Gasteiger partial charge on any atom is -0.480 e. The van der Waals surface area contributed by atoms with Crippen molar-refractivity contribution >= 4 is 29.7 Å². The van der Waals surface area contributed by atoms with Gasteiger partial charge in [-0.1, -0.05) is 48.5 Å². The van der Waals surface area contributed by atoms with Crippen LogP contribution in [0.4, 0.5) is 17.6 Å². The molecule has 23 heteroatoms. The molecule has 6 aromatic rings. The second kappa shape index (κ2) is 22.4. The fraction of sp³-hybridized carbons (Fsp3) is 0.275. The second-order valence-corrected chi connectivity index (χ2v) is 17.5. The first-order valence-corrected chi connectivity index (χ1v) is 22.6. The van der Waals surface area contributed by atoms with Crippen molar-refractivity contribution in [1.82, 2.24) is 33.8 Å². The molecule has 0 radical (unpaired) electrons. The van der Waals surface area contributed by atoms with Crippen molar-refractivity contribution in [3.05, 3.63) is 183 Å². The Hall–Kier alpha value is -8.73. The summed E-state index contributed by atoms with van der Waals surface area (Å²) in [5.74, 6) is -12.5. The van der Waals surface area contributed by atoms with Gasteiger partial charge < -0.3 is 40.6 Å². The standard InChI is InChI=1S/C51H50F4N8O11/c1-25-40(46(67)61(5)50(73)59(25)3)31-11-7-27(8-12-31)21-37(48(69)70)57-44(65)42-33(52)17-29(18-34(42)53)23-63(39(64)15-16-56)24-30-19-35(54)43(36(55)20-30)45(66)58-38(49(71)72)22-28-9-13-32(14-10-28)41-26(2)60(4)51(74)62(6)47(41)68/h7-14,17-20,37-38H,15-16,21-24,56H2,1-6H3,(H,57,65)(H,58,66)(H,69,70)(H,71,72). The van der Waals surface area contributed by atoms with Crippen LogP contribution in [0.2, 0.25) is 0 Å². The van der Waals surface area contributed by atoms with Crippen LogP contribution >= 0.6 is 0 Å². The number of halogens is 4. The number of amides is 3. The van der Waals surface area contributed by atoms with E-state index in [1.54, 1.807) is 13.8 Å². The molecule has 6 N–H and O–H groups in total. The molecule has 0 saturated carbocycles. The Morgan fingerprint density at radius 3 is 1.18 bits per heavy atom. The normalized spacial score (nSPS) is 12.0. The Kier molecular flexibility index (Phi) is 16.5. The largest absolute Gasteiger partial charge is 0.480 e. The summed E-state index contributed by atoms with van der Waals surface area (Å²) >= 11 is 0. The fourth-order valence-corrected chi connectivity index (χ4v) is 8.33. The molecular weight excluding hydrogens is 977 g/mol. The van der Waals surface area contributed by atoms with E-state index in [1.807, 2.05) is 0 Å². The number of aromatic nitrogens is 4. The molecule has 74 heavy (non-hydrogen) atoms. The highest BCUT2D eigenvalue weighted by atomic mass is 19.1. The molecule has 6 rings (SSSR count). The number of nitrogens with one attached hydrogen (secondary N) is 2. The zero-order valence-electron chi connectivity index (χ0n) is 40.7. The molecule has 2 heterocycles. The van der Waals surface area contributed by atoms with Crippen LogP contribution in [0.15, 0.2) is 92.0 Å². The van der Waals surface area contributed by atoms with Crippen LogP contribution in [0.25, 0.3) is 22.3 Å². The number of benzene rings is 4. The number of aliphatic carboxylic acids is 2. The highest BCUT2D eigenvalue weighted by molar-refractivity contribution is 5.98. The predicted octanol–water partition coefficient (Wildman–Crippen LogP) is 2.72. The quantitative estimate of drug-likeness (QED) is 0.0779. The van der Waals surface area contributed by atoms with E-state index < -0.39 is 112 Å². The number of nitrogens with zero attached hydrogens (tertiary/aromatic N) is 5. The Bertz CT molecular complexity index is 3230.